The van der Waals surface area contributed by atoms with E-state index in [9.17, 15) is 4.79 Å². The molecule has 2 rings (SSSR count). The minimum atomic E-state index is 0.0842. The van der Waals surface area contributed by atoms with E-state index in [0.29, 0.717) is 0 Å². The summed E-state index contributed by atoms with van der Waals surface area (Å²) >= 11 is 0. The van der Waals surface area contributed by atoms with Gasteiger partial charge in [0.05, 0.1) is 11.6 Å². The second-order valence-electron chi connectivity index (χ2n) is 6.56. The Morgan fingerprint density at radius 1 is 1.58 bits per heavy atom. The van der Waals surface area contributed by atoms with Gasteiger partial charge in [0.15, 0.2) is 0 Å². The topological polar surface area (TPSA) is 59.0 Å². The molecule has 1 amide bonds. The van der Waals surface area contributed by atoms with Gasteiger partial charge in [-0.1, -0.05) is 20.8 Å². The lowest BCUT2D eigenvalue weighted by molar-refractivity contribution is -0.119. The van der Waals surface area contributed by atoms with E-state index in [0.717, 1.165) is 37.4 Å². The Balaban J connectivity index is 2.02. The molecule has 0 saturated carbocycles. The van der Waals surface area contributed by atoms with E-state index in [1.807, 2.05) is 13.1 Å². The van der Waals surface area contributed by atoms with Crippen molar-refractivity contribution in [2.75, 3.05) is 18.4 Å². The van der Waals surface area contributed by atoms with Crippen LogP contribution in [0, 0.1) is 11.3 Å². The average molecular weight is 264 g/mol. The molecule has 5 heteroatoms. The van der Waals surface area contributed by atoms with Gasteiger partial charge in [0, 0.05) is 19.7 Å². The summed E-state index contributed by atoms with van der Waals surface area (Å²) in [7, 11) is 1.87. The van der Waals surface area contributed by atoms with Gasteiger partial charge in [0.25, 0.3) is 0 Å². The molecule has 2 heterocycles. The summed E-state index contributed by atoms with van der Waals surface area (Å²) in [5.41, 5.74) is 1.22. The maximum atomic E-state index is 12.1. The van der Waals surface area contributed by atoms with Crippen LogP contribution in [-0.2, 0) is 18.3 Å². The number of carbonyl (C=O) groups is 1. The third kappa shape index (κ3) is 3.80. The lowest BCUT2D eigenvalue weighted by Gasteiger charge is -2.15. The molecule has 1 aromatic rings. The fraction of sp³-hybridized carbons (Fsp3) is 0.714. The van der Waals surface area contributed by atoms with Crippen LogP contribution in [0.3, 0.4) is 0 Å². The number of rotatable bonds is 3. The van der Waals surface area contributed by atoms with Crippen LogP contribution in [0.5, 0.6) is 0 Å². The highest BCUT2D eigenvalue weighted by Crippen LogP contribution is 2.22. The minimum Gasteiger partial charge on any atom is -0.316 e. The Bertz CT molecular complexity index is 453. The summed E-state index contributed by atoms with van der Waals surface area (Å²) in [4.78, 5) is 12.1. The second kappa shape index (κ2) is 5.33. The Labute approximate surface area is 114 Å². The molecule has 1 aromatic heterocycles. The largest absolute Gasteiger partial charge is 0.316 e. The van der Waals surface area contributed by atoms with Crippen LogP contribution < -0.4 is 10.6 Å². The first kappa shape index (κ1) is 14.1. The summed E-state index contributed by atoms with van der Waals surface area (Å²) in [5, 5.41) is 10.6. The number of carbonyl (C=O) groups excluding carboxylic acids is 1. The van der Waals surface area contributed by atoms with E-state index in [4.69, 9.17) is 0 Å². The lowest BCUT2D eigenvalue weighted by Crippen LogP contribution is -2.25. The van der Waals surface area contributed by atoms with Crippen LogP contribution >= 0.6 is 0 Å². The predicted octanol–water partition coefficient (Wildman–Crippen LogP) is 1.56. The highest BCUT2D eigenvalue weighted by molar-refractivity contribution is 5.92. The van der Waals surface area contributed by atoms with Crippen molar-refractivity contribution in [3.8, 4) is 0 Å². The third-order valence-corrected chi connectivity index (χ3v) is 3.32. The van der Waals surface area contributed by atoms with Gasteiger partial charge in [0.2, 0.25) is 5.91 Å². The molecule has 2 N–H and O–H groups in total. The van der Waals surface area contributed by atoms with E-state index in [1.165, 1.54) is 0 Å². The number of anilines is 1. The van der Waals surface area contributed by atoms with Crippen LogP contribution in [0.15, 0.2) is 6.07 Å². The highest BCUT2D eigenvalue weighted by Gasteiger charge is 2.23. The molecule has 19 heavy (non-hydrogen) atoms. The molecule has 0 bridgehead atoms. The van der Waals surface area contributed by atoms with E-state index >= 15 is 0 Å². The Morgan fingerprint density at radius 3 is 2.89 bits per heavy atom. The predicted molar refractivity (Wildman–Crippen MR) is 76.0 cm³/mol. The molecule has 1 aliphatic rings. The molecule has 5 nitrogen and oxygen atoms in total. The third-order valence-electron chi connectivity index (χ3n) is 3.32. The monoisotopic (exact) mass is 264 g/mol. The summed E-state index contributed by atoms with van der Waals surface area (Å²) < 4.78 is 1.75. The number of nitrogens with zero attached hydrogens (tertiary/aromatic N) is 2. The normalized spacial score (nSPS) is 19.7. The van der Waals surface area contributed by atoms with Gasteiger partial charge in [-0.15, -0.1) is 0 Å². The van der Waals surface area contributed by atoms with E-state index in [2.05, 4.69) is 36.5 Å². The molecule has 0 radical (unpaired) electrons. The summed E-state index contributed by atoms with van der Waals surface area (Å²) in [6.45, 7) is 8.26. The Morgan fingerprint density at radius 2 is 2.32 bits per heavy atom. The van der Waals surface area contributed by atoms with Crippen LogP contribution in [0.25, 0.3) is 0 Å². The van der Waals surface area contributed by atoms with Crippen molar-refractivity contribution >= 4 is 11.7 Å². The molecule has 1 unspecified atom stereocenters. The number of hydrogen-bond donors (Lipinski definition) is 2. The molecular weight excluding hydrogens is 240 g/mol. The number of nitrogens with one attached hydrogen (secondary N) is 2. The van der Waals surface area contributed by atoms with Crippen molar-refractivity contribution in [1.82, 2.24) is 15.1 Å². The van der Waals surface area contributed by atoms with Gasteiger partial charge < -0.3 is 10.6 Å². The fourth-order valence-electron chi connectivity index (χ4n) is 2.38. The zero-order chi connectivity index (χ0) is 14.0. The number of hydrogen-bond acceptors (Lipinski definition) is 3. The van der Waals surface area contributed by atoms with Gasteiger partial charge in [-0.25, -0.2) is 0 Å². The van der Waals surface area contributed by atoms with Crippen LogP contribution in [0.4, 0.5) is 5.82 Å². The van der Waals surface area contributed by atoms with E-state index in [-0.39, 0.29) is 17.2 Å². The number of amides is 1. The zero-order valence-corrected chi connectivity index (χ0v) is 12.3. The van der Waals surface area contributed by atoms with Crippen LogP contribution in [0.2, 0.25) is 0 Å². The molecule has 0 spiro atoms. The maximum Gasteiger partial charge on any atom is 0.229 e. The van der Waals surface area contributed by atoms with Crippen LogP contribution in [-0.4, -0.2) is 28.8 Å². The molecule has 0 aromatic carbocycles. The van der Waals surface area contributed by atoms with Gasteiger partial charge in [0.1, 0.15) is 5.82 Å². The summed E-state index contributed by atoms with van der Waals surface area (Å²) in [5.74, 6) is 0.965. The van der Waals surface area contributed by atoms with Crippen molar-refractivity contribution in [3.05, 3.63) is 11.8 Å². The fourth-order valence-corrected chi connectivity index (χ4v) is 2.38. The highest BCUT2D eigenvalue weighted by atomic mass is 16.2. The summed E-state index contributed by atoms with van der Waals surface area (Å²) in [6.07, 6.45) is 1.82. The molecule has 1 atom stereocenters. The SMILES string of the molecule is Cn1nc(CC(C)(C)C)cc1NC(=O)C1CCNC1. The van der Waals surface area contributed by atoms with Crippen molar-refractivity contribution in [2.24, 2.45) is 18.4 Å². The average Bonchev–Trinajstić information content (AvgIpc) is 2.87. The first-order valence-corrected chi connectivity index (χ1v) is 6.90. The Hall–Kier alpha value is -1.36. The molecule has 1 fully saturated rings. The number of aryl methyl sites for hydroxylation is 1. The molecule has 106 valence electrons. The van der Waals surface area contributed by atoms with Gasteiger partial charge in [-0.3, -0.25) is 9.48 Å². The quantitative estimate of drug-likeness (QED) is 0.871. The summed E-state index contributed by atoms with van der Waals surface area (Å²) in [6, 6.07) is 1.98. The number of aromatic nitrogens is 2. The first-order chi connectivity index (χ1) is 8.85. The van der Waals surface area contributed by atoms with Gasteiger partial charge >= 0.3 is 0 Å². The molecule has 1 aliphatic heterocycles. The maximum absolute atomic E-state index is 12.1. The molecule has 0 aliphatic carbocycles. The van der Waals surface area contributed by atoms with Crippen LogP contribution in [0.1, 0.15) is 32.9 Å². The van der Waals surface area contributed by atoms with E-state index in [1.54, 1.807) is 4.68 Å². The smallest absolute Gasteiger partial charge is 0.229 e. The lowest BCUT2D eigenvalue weighted by atomic mass is 9.91. The van der Waals surface area contributed by atoms with E-state index < -0.39 is 0 Å². The molecule has 1 saturated heterocycles. The molecular formula is C14H24N4O. The van der Waals surface area contributed by atoms with Gasteiger partial charge in [-0.05, 0) is 24.8 Å². The second-order valence-corrected chi connectivity index (χ2v) is 6.56. The van der Waals surface area contributed by atoms with Crippen molar-refractivity contribution in [2.45, 2.75) is 33.6 Å². The van der Waals surface area contributed by atoms with Crippen molar-refractivity contribution in [3.63, 3.8) is 0 Å². The van der Waals surface area contributed by atoms with Crippen molar-refractivity contribution < 1.29 is 4.79 Å². The van der Waals surface area contributed by atoms with Crippen molar-refractivity contribution in [1.29, 1.82) is 0 Å². The first-order valence-electron chi connectivity index (χ1n) is 6.90. The standard InChI is InChI=1S/C14H24N4O/c1-14(2,3)8-11-7-12(18(4)17-11)16-13(19)10-5-6-15-9-10/h7,10,15H,5-6,8-9H2,1-4H3,(H,16,19). The van der Waals surface area contributed by atoms with Gasteiger partial charge in [-0.2, -0.15) is 5.10 Å². The Kier molecular flexibility index (Phi) is 3.94. The minimum absolute atomic E-state index is 0.0842. The zero-order valence-electron chi connectivity index (χ0n) is 12.3.